The molecule has 0 aliphatic carbocycles. The van der Waals surface area contributed by atoms with Gasteiger partial charge in [0.1, 0.15) is 12.2 Å². The van der Waals surface area contributed by atoms with Crippen molar-refractivity contribution in [3.63, 3.8) is 0 Å². The third kappa shape index (κ3) is 3.40. The van der Waals surface area contributed by atoms with Crippen molar-refractivity contribution in [1.82, 2.24) is 9.80 Å². The second-order valence-electron chi connectivity index (χ2n) is 5.62. The number of carbonyl (C=O) groups is 2. The summed E-state index contributed by atoms with van der Waals surface area (Å²) in [6.45, 7) is 6.23. The average Bonchev–Trinajstić information content (AvgIpc) is 2.41. The minimum atomic E-state index is -0.991. The molecule has 0 aromatic carbocycles. The number of likely N-dealkylation sites (tertiary alicyclic amines) is 1. The summed E-state index contributed by atoms with van der Waals surface area (Å²) < 4.78 is 10.8. The van der Waals surface area contributed by atoms with Crippen LogP contribution in [0.2, 0.25) is 0 Å². The minimum absolute atomic E-state index is 0.0110. The number of hydrogen-bond donors (Lipinski definition) is 1. The van der Waals surface area contributed by atoms with Crippen LogP contribution in [0.25, 0.3) is 0 Å². The van der Waals surface area contributed by atoms with Gasteiger partial charge in [-0.1, -0.05) is 6.92 Å². The van der Waals surface area contributed by atoms with Crippen molar-refractivity contribution >= 4 is 12.0 Å². The summed E-state index contributed by atoms with van der Waals surface area (Å²) in [6.07, 6.45) is 1.01. The van der Waals surface area contributed by atoms with Gasteiger partial charge < -0.3 is 24.4 Å². The summed E-state index contributed by atoms with van der Waals surface area (Å²) >= 11 is 0. The topological polar surface area (TPSA) is 79.3 Å². The highest BCUT2D eigenvalue weighted by atomic mass is 16.5. The fourth-order valence-electron chi connectivity index (χ4n) is 2.56. The molecule has 20 heavy (non-hydrogen) atoms. The SMILES string of the molecule is CCC1CN(C(=O)N2CC(C)(OCC(=O)O)C2)CCO1. The third-order valence-corrected chi connectivity index (χ3v) is 3.73. The van der Waals surface area contributed by atoms with Crippen LogP contribution in [-0.2, 0) is 14.3 Å². The van der Waals surface area contributed by atoms with Gasteiger partial charge in [0.2, 0.25) is 0 Å². The predicted molar refractivity (Wildman–Crippen MR) is 70.6 cm³/mol. The molecule has 0 aromatic rings. The molecular weight excluding hydrogens is 264 g/mol. The zero-order chi connectivity index (χ0) is 14.8. The quantitative estimate of drug-likeness (QED) is 0.809. The van der Waals surface area contributed by atoms with Crippen molar-refractivity contribution in [2.45, 2.75) is 32.0 Å². The highest BCUT2D eigenvalue weighted by molar-refractivity contribution is 5.76. The first-order chi connectivity index (χ1) is 9.43. The Morgan fingerprint density at radius 1 is 1.40 bits per heavy atom. The van der Waals surface area contributed by atoms with Crippen molar-refractivity contribution in [2.24, 2.45) is 0 Å². The maximum atomic E-state index is 12.3. The lowest BCUT2D eigenvalue weighted by molar-refractivity contribution is -0.160. The van der Waals surface area contributed by atoms with E-state index in [4.69, 9.17) is 14.6 Å². The van der Waals surface area contributed by atoms with Gasteiger partial charge >= 0.3 is 12.0 Å². The van der Waals surface area contributed by atoms with E-state index in [-0.39, 0.29) is 18.7 Å². The number of urea groups is 1. The molecule has 7 nitrogen and oxygen atoms in total. The molecule has 0 aromatic heterocycles. The van der Waals surface area contributed by atoms with Crippen molar-refractivity contribution in [1.29, 1.82) is 0 Å². The summed E-state index contributed by atoms with van der Waals surface area (Å²) in [4.78, 5) is 26.3. The number of carbonyl (C=O) groups excluding carboxylic acids is 1. The molecule has 1 unspecified atom stereocenters. The average molecular weight is 286 g/mol. The zero-order valence-electron chi connectivity index (χ0n) is 12.0. The summed E-state index contributed by atoms with van der Waals surface area (Å²) in [5, 5.41) is 8.60. The molecular formula is C13H22N2O5. The number of hydrogen-bond acceptors (Lipinski definition) is 4. The van der Waals surface area contributed by atoms with Gasteiger partial charge in [0.05, 0.1) is 25.8 Å². The number of carboxylic acids is 1. The summed E-state index contributed by atoms with van der Waals surface area (Å²) in [6, 6.07) is -0.0110. The number of ether oxygens (including phenoxy) is 2. The van der Waals surface area contributed by atoms with Gasteiger partial charge in [0.25, 0.3) is 0 Å². The Morgan fingerprint density at radius 2 is 2.10 bits per heavy atom. The number of nitrogens with zero attached hydrogens (tertiary/aromatic N) is 2. The van der Waals surface area contributed by atoms with Crippen LogP contribution in [0.1, 0.15) is 20.3 Å². The molecule has 2 amide bonds. The summed E-state index contributed by atoms with van der Waals surface area (Å²) in [7, 11) is 0. The van der Waals surface area contributed by atoms with E-state index >= 15 is 0 Å². The fourth-order valence-corrected chi connectivity index (χ4v) is 2.56. The Kier molecular flexibility index (Phi) is 4.49. The smallest absolute Gasteiger partial charge is 0.329 e. The second-order valence-corrected chi connectivity index (χ2v) is 5.62. The van der Waals surface area contributed by atoms with Gasteiger partial charge in [-0.05, 0) is 13.3 Å². The number of morpholine rings is 1. The molecule has 2 saturated heterocycles. The van der Waals surface area contributed by atoms with Crippen molar-refractivity contribution < 1.29 is 24.2 Å². The number of aliphatic carboxylic acids is 1. The molecule has 0 spiro atoms. The molecule has 0 saturated carbocycles. The Hall–Kier alpha value is -1.34. The monoisotopic (exact) mass is 286 g/mol. The fraction of sp³-hybridized carbons (Fsp3) is 0.846. The molecule has 1 N–H and O–H groups in total. The maximum Gasteiger partial charge on any atom is 0.329 e. The molecule has 2 aliphatic rings. The van der Waals surface area contributed by atoms with Gasteiger partial charge in [-0.3, -0.25) is 0 Å². The molecule has 1 atom stereocenters. The molecule has 2 heterocycles. The normalized spacial score (nSPS) is 25.2. The number of amides is 2. The Morgan fingerprint density at radius 3 is 2.70 bits per heavy atom. The van der Waals surface area contributed by atoms with Crippen LogP contribution >= 0.6 is 0 Å². The van der Waals surface area contributed by atoms with Gasteiger partial charge in [0.15, 0.2) is 0 Å². The lowest BCUT2D eigenvalue weighted by atomic mass is 9.97. The van der Waals surface area contributed by atoms with Gasteiger partial charge in [-0.2, -0.15) is 0 Å². The third-order valence-electron chi connectivity index (χ3n) is 3.73. The van der Waals surface area contributed by atoms with Crippen LogP contribution in [0, 0.1) is 0 Å². The van der Waals surface area contributed by atoms with Crippen molar-refractivity contribution in [2.75, 3.05) is 39.4 Å². The zero-order valence-corrected chi connectivity index (χ0v) is 12.0. The number of carboxylic acid groups (broad SMARTS) is 1. The highest BCUT2D eigenvalue weighted by Crippen LogP contribution is 2.26. The van der Waals surface area contributed by atoms with E-state index in [9.17, 15) is 9.59 Å². The molecule has 7 heteroatoms. The molecule has 0 bridgehead atoms. The van der Waals surface area contributed by atoms with Crippen LogP contribution in [0.5, 0.6) is 0 Å². The van der Waals surface area contributed by atoms with E-state index in [0.29, 0.717) is 32.8 Å². The molecule has 114 valence electrons. The maximum absolute atomic E-state index is 12.3. The lowest BCUT2D eigenvalue weighted by Crippen LogP contribution is -2.66. The van der Waals surface area contributed by atoms with E-state index in [1.54, 1.807) is 9.80 Å². The van der Waals surface area contributed by atoms with Crippen LogP contribution in [0.4, 0.5) is 4.79 Å². The Labute approximate surface area is 118 Å². The first kappa shape index (κ1) is 15.1. The van der Waals surface area contributed by atoms with E-state index in [0.717, 1.165) is 6.42 Å². The van der Waals surface area contributed by atoms with E-state index < -0.39 is 11.6 Å². The van der Waals surface area contributed by atoms with Crippen LogP contribution in [-0.4, -0.2) is 78.0 Å². The highest BCUT2D eigenvalue weighted by Gasteiger charge is 2.44. The first-order valence-corrected chi connectivity index (χ1v) is 6.95. The lowest BCUT2D eigenvalue weighted by Gasteiger charge is -2.49. The largest absolute Gasteiger partial charge is 0.480 e. The number of rotatable bonds is 4. The van der Waals surface area contributed by atoms with Gasteiger partial charge in [0, 0.05) is 13.1 Å². The summed E-state index contributed by atoms with van der Waals surface area (Å²) in [5.41, 5.74) is -0.537. The van der Waals surface area contributed by atoms with E-state index in [1.165, 1.54) is 0 Å². The van der Waals surface area contributed by atoms with E-state index in [2.05, 4.69) is 0 Å². The van der Waals surface area contributed by atoms with Crippen LogP contribution < -0.4 is 0 Å². The molecule has 2 aliphatic heterocycles. The standard InChI is InChI=1S/C13H22N2O5/c1-3-10-6-14(4-5-19-10)12(18)15-8-13(2,9-15)20-7-11(16)17/h10H,3-9H2,1-2H3,(H,16,17). The van der Waals surface area contributed by atoms with Crippen molar-refractivity contribution in [3.8, 4) is 0 Å². The van der Waals surface area contributed by atoms with Crippen molar-refractivity contribution in [3.05, 3.63) is 0 Å². The van der Waals surface area contributed by atoms with Gasteiger partial charge in [-0.15, -0.1) is 0 Å². The second kappa shape index (κ2) is 5.97. The predicted octanol–water partition coefficient (Wildman–Crippen LogP) is 0.393. The molecule has 2 fully saturated rings. The molecule has 2 rings (SSSR count). The minimum Gasteiger partial charge on any atom is -0.480 e. The Bertz CT molecular complexity index is 381. The summed E-state index contributed by atoms with van der Waals surface area (Å²) in [5.74, 6) is -0.991. The van der Waals surface area contributed by atoms with Crippen LogP contribution in [0.3, 0.4) is 0 Å². The Balaban J connectivity index is 1.79. The first-order valence-electron chi connectivity index (χ1n) is 6.95. The van der Waals surface area contributed by atoms with E-state index in [1.807, 2.05) is 13.8 Å². The molecule has 0 radical (unpaired) electrons. The van der Waals surface area contributed by atoms with Gasteiger partial charge in [-0.25, -0.2) is 9.59 Å². The van der Waals surface area contributed by atoms with Crippen LogP contribution in [0.15, 0.2) is 0 Å².